The molecule has 7 nitrogen and oxygen atoms in total. The maximum absolute atomic E-state index is 12.8. The fourth-order valence-corrected chi connectivity index (χ4v) is 3.46. The first-order valence-electron chi connectivity index (χ1n) is 9.66. The van der Waals surface area contributed by atoms with Crippen LogP contribution in [0.1, 0.15) is 29.6 Å². The summed E-state index contributed by atoms with van der Waals surface area (Å²) in [6.45, 7) is 3.45. The van der Waals surface area contributed by atoms with Gasteiger partial charge in [0.25, 0.3) is 11.8 Å². The molecule has 2 aliphatic heterocycles. The zero-order valence-electron chi connectivity index (χ0n) is 15.6. The highest BCUT2D eigenvalue weighted by atomic mass is 16.5. The number of aliphatic hydroxyl groups excluding tert-OH is 1. The lowest BCUT2D eigenvalue weighted by atomic mass is 10.1. The largest absolute Gasteiger partial charge is 0.484 e. The average Bonchev–Trinajstić information content (AvgIpc) is 2.98. The van der Waals surface area contributed by atoms with Gasteiger partial charge in [-0.3, -0.25) is 9.59 Å². The summed E-state index contributed by atoms with van der Waals surface area (Å²) < 4.78 is 11.1. The first-order chi connectivity index (χ1) is 13.2. The maximum Gasteiger partial charge on any atom is 0.260 e. The zero-order valence-corrected chi connectivity index (χ0v) is 15.6. The molecule has 2 aliphatic rings. The molecule has 1 aromatic rings. The number of hydrogen-bond acceptors (Lipinski definition) is 5. The third-order valence-corrected chi connectivity index (χ3v) is 5.04. The van der Waals surface area contributed by atoms with E-state index in [4.69, 9.17) is 9.47 Å². The SMILES string of the molecule is O=C(COc1cccc(C(=O)N2CCOCC(CO)C2)c1)N1CCCCC1. The number of hydrogen-bond donors (Lipinski definition) is 1. The number of nitrogens with zero attached hydrogens (tertiary/aromatic N) is 2. The van der Waals surface area contributed by atoms with Gasteiger partial charge in [0.15, 0.2) is 6.61 Å². The topological polar surface area (TPSA) is 79.3 Å². The minimum atomic E-state index is -0.119. The lowest BCUT2D eigenvalue weighted by Gasteiger charge is -2.26. The fraction of sp³-hybridized carbons (Fsp3) is 0.600. The maximum atomic E-state index is 12.8. The highest BCUT2D eigenvalue weighted by Crippen LogP contribution is 2.17. The molecule has 0 aliphatic carbocycles. The molecule has 7 heteroatoms. The molecule has 1 unspecified atom stereocenters. The molecule has 0 saturated carbocycles. The number of aliphatic hydroxyl groups is 1. The molecule has 2 saturated heterocycles. The van der Waals surface area contributed by atoms with Crippen LogP contribution in [0.25, 0.3) is 0 Å². The number of ether oxygens (including phenoxy) is 2. The van der Waals surface area contributed by atoms with E-state index in [0.717, 1.165) is 25.9 Å². The molecule has 3 rings (SSSR count). The van der Waals surface area contributed by atoms with Crippen LogP contribution in [0.15, 0.2) is 24.3 Å². The van der Waals surface area contributed by atoms with E-state index in [1.54, 1.807) is 29.2 Å². The standard InChI is InChI=1S/C20H28N2O5/c23-13-16-12-22(9-10-26-14-16)20(25)17-5-4-6-18(11-17)27-15-19(24)21-7-2-1-3-8-21/h4-6,11,16,23H,1-3,7-10,12-15H2. The van der Waals surface area contributed by atoms with Crippen LogP contribution >= 0.6 is 0 Å². The van der Waals surface area contributed by atoms with Crippen molar-refractivity contribution in [3.63, 3.8) is 0 Å². The monoisotopic (exact) mass is 376 g/mol. The van der Waals surface area contributed by atoms with Gasteiger partial charge in [0.1, 0.15) is 5.75 Å². The molecule has 27 heavy (non-hydrogen) atoms. The van der Waals surface area contributed by atoms with E-state index in [-0.39, 0.29) is 30.9 Å². The van der Waals surface area contributed by atoms with Crippen molar-refractivity contribution < 1.29 is 24.2 Å². The first kappa shape index (κ1) is 19.6. The van der Waals surface area contributed by atoms with Gasteiger partial charge < -0.3 is 24.4 Å². The second kappa shape index (κ2) is 9.71. The summed E-state index contributed by atoms with van der Waals surface area (Å²) in [7, 11) is 0. The summed E-state index contributed by atoms with van der Waals surface area (Å²) in [5.74, 6) is 0.308. The molecule has 1 N–H and O–H groups in total. The number of amides is 2. The number of carbonyl (C=O) groups is 2. The average molecular weight is 376 g/mol. The highest BCUT2D eigenvalue weighted by Gasteiger charge is 2.23. The van der Waals surface area contributed by atoms with E-state index in [1.807, 2.05) is 4.90 Å². The Bertz CT molecular complexity index is 645. The van der Waals surface area contributed by atoms with Crippen LogP contribution in [0.4, 0.5) is 0 Å². The minimum absolute atomic E-state index is 0.00839. The number of benzene rings is 1. The van der Waals surface area contributed by atoms with E-state index in [0.29, 0.717) is 37.6 Å². The molecule has 148 valence electrons. The quantitative estimate of drug-likeness (QED) is 0.834. The van der Waals surface area contributed by atoms with Gasteiger partial charge in [-0.2, -0.15) is 0 Å². The molecule has 0 radical (unpaired) electrons. The van der Waals surface area contributed by atoms with Crippen LogP contribution in [-0.4, -0.2) is 79.3 Å². The number of rotatable bonds is 5. The van der Waals surface area contributed by atoms with E-state index in [2.05, 4.69) is 0 Å². The third-order valence-electron chi connectivity index (χ3n) is 5.04. The van der Waals surface area contributed by atoms with Gasteiger partial charge in [-0.25, -0.2) is 0 Å². The summed E-state index contributed by atoms with van der Waals surface area (Å²) in [5.41, 5.74) is 0.511. The summed E-state index contributed by atoms with van der Waals surface area (Å²) in [4.78, 5) is 28.6. The summed E-state index contributed by atoms with van der Waals surface area (Å²) in [6, 6.07) is 6.92. The molecule has 2 fully saturated rings. The molecule has 2 amide bonds. The summed E-state index contributed by atoms with van der Waals surface area (Å²) >= 11 is 0. The van der Waals surface area contributed by atoms with Crippen LogP contribution < -0.4 is 4.74 Å². The number of carbonyl (C=O) groups excluding carboxylic acids is 2. The first-order valence-corrected chi connectivity index (χ1v) is 9.66. The van der Waals surface area contributed by atoms with Crippen LogP contribution in [0.3, 0.4) is 0 Å². The van der Waals surface area contributed by atoms with Crippen molar-refractivity contribution >= 4 is 11.8 Å². The van der Waals surface area contributed by atoms with Gasteiger partial charge in [-0.15, -0.1) is 0 Å². The van der Waals surface area contributed by atoms with Crippen molar-refractivity contribution in [2.45, 2.75) is 19.3 Å². The molecule has 0 spiro atoms. The van der Waals surface area contributed by atoms with E-state index < -0.39 is 0 Å². The predicted octanol–water partition coefficient (Wildman–Crippen LogP) is 1.16. The van der Waals surface area contributed by atoms with Crippen molar-refractivity contribution in [3.05, 3.63) is 29.8 Å². The Kier molecular flexibility index (Phi) is 7.06. The molecule has 2 heterocycles. The van der Waals surface area contributed by atoms with Crippen molar-refractivity contribution in [2.75, 3.05) is 52.6 Å². The number of piperidine rings is 1. The number of likely N-dealkylation sites (tertiary alicyclic amines) is 1. The zero-order chi connectivity index (χ0) is 19.1. The van der Waals surface area contributed by atoms with Crippen LogP contribution in [0.5, 0.6) is 5.75 Å². The van der Waals surface area contributed by atoms with Crippen LogP contribution in [-0.2, 0) is 9.53 Å². The Morgan fingerprint density at radius 3 is 2.74 bits per heavy atom. The molecule has 1 aromatic carbocycles. The summed E-state index contributed by atoms with van der Waals surface area (Å²) in [6.07, 6.45) is 3.27. The lowest BCUT2D eigenvalue weighted by molar-refractivity contribution is -0.134. The van der Waals surface area contributed by atoms with Crippen molar-refractivity contribution in [3.8, 4) is 5.75 Å². The smallest absolute Gasteiger partial charge is 0.260 e. The Morgan fingerprint density at radius 2 is 1.96 bits per heavy atom. The van der Waals surface area contributed by atoms with Crippen molar-refractivity contribution in [1.29, 1.82) is 0 Å². The molecule has 0 bridgehead atoms. The van der Waals surface area contributed by atoms with Gasteiger partial charge in [0.2, 0.25) is 0 Å². The Balaban J connectivity index is 1.59. The van der Waals surface area contributed by atoms with E-state index in [1.165, 1.54) is 6.42 Å². The van der Waals surface area contributed by atoms with Gasteiger partial charge in [-0.1, -0.05) is 6.07 Å². The van der Waals surface area contributed by atoms with Crippen LogP contribution in [0, 0.1) is 5.92 Å². The van der Waals surface area contributed by atoms with Gasteiger partial charge >= 0.3 is 0 Å². The van der Waals surface area contributed by atoms with Gasteiger partial charge in [0, 0.05) is 44.3 Å². The molecular weight excluding hydrogens is 348 g/mol. The molecular formula is C20H28N2O5. The van der Waals surface area contributed by atoms with Gasteiger partial charge in [-0.05, 0) is 37.5 Å². The van der Waals surface area contributed by atoms with Gasteiger partial charge in [0.05, 0.1) is 13.2 Å². The fourth-order valence-electron chi connectivity index (χ4n) is 3.46. The summed E-state index contributed by atoms with van der Waals surface area (Å²) in [5, 5.41) is 9.39. The van der Waals surface area contributed by atoms with Crippen molar-refractivity contribution in [2.24, 2.45) is 5.92 Å². The second-order valence-electron chi connectivity index (χ2n) is 7.13. The second-order valence-corrected chi connectivity index (χ2v) is 7.13. The van der Waals surface area contributed by atoms with E-state index >= 15 is 0 Å². The minimum Gasteiger partial charge on any atom is -0.484 e. The normalized spacial score (nSPS) is 20.9. The Morgan fingerprint density at radius 1 is 1.15 bits per heavy atom. The predicted molar refractivity (Wildman–Crippen MR) is 99.7 cm³/mol. The third kappa shape index (κ3) is 5.43. The molecule has 1 atom stereocenters. The Labute approximate surface area is 159 Å². The Hall–Kier alpha value is -2.12. The van der Waals surface area contributed by atoms with Crippen molar-refractivity contribution in [1.82, 2.24) is 9.80 Å². The molecule has 0 aromatic heterocycles. The van der Waals surface area contributed by atoms with E-state index in [9.17, 15) is 14.7 Å². The van der Waals surface area contributed by atoms with Crippen LogP contribution in [0.2, 0.25) is 0 Å². The lowest BCUT2D eigenvalue weighted by Crippen LogP contribution is -2.38. The highest BCUT2D eigenvalue weighted by molar-refractivity contribution is 5.94.